The summed E-state index contributed by atoms with van der Waals surface area (Å²) in [6, 6.07) is 0. The summed E-state index contributed by atoms with van der Waals surface area (Å²) < 4.78 is 68.1. The summed E-state index contributed by atoms with van der Waals surface area (Å²) in [5, 5.41) is 10.6. The average molecular weight is 1340 g/mol. The van der Waals surface area contributed by atoms with Crippen molar-refractivity contribution in [3.63, 3.8) is 0 Å². The number of esters is 4. The van der Waals surface area contributed by atoms with Crippen LogP contribution >= 0.6 is 15.6 Å². The van der Waals surface area contributed by atoms with Gasteiger partial charge in [0.05, 0.1) is 26.4 Å². The third-order valence-corrected chi connectivity index (χ3v) is 18.7. The summed E-state index contributed by atoms with van der Waals surface area (Å²) in [6.45, 7) is 7.21. The van der Waals surface area contributed by atoms with Crippen LogP contribution in [-0.4, -0.2) is 96.7 Å². The Balaban J connectivity index is 5.11. The minimum atomic E-state index is -4.95. The van der Waals surface area contributed by atoms with Crippen molar-refractivity contribution in [1.29, 1.82) is 0 Å². The molecule has 0 bridgehead atoms. The molecule has 0 saturated carbocycles. The molecule has 0 aromatic heterocycles. The number of aliphatic hydroxyl groups excluding tert-OH is 1. The van der Waals surface area contributed by atoms with Crippen molar-refractivity contribution < 1.29 is 80.2 Å². The van der Waals surface area contributed by atoms with Gasteiger partial charge in [-0.3, -0.25) is 37.3 Å². The summed E-state index contributed by atoms with van der Waals surface area (Å²) in [6.07, 6.45) is 53.1. The quantitative estimate of drug-likeness (QED) is 0.0222. The lowest BCUT2D eigenvalue weighted by Crippen LogP contribution is -2.30. The number of unbranched alkanes of at least 4 members (excludes halogenated alkanes) is 44. The topological polar surface area (TPSA) is 237 Å². The van der Waals surface area contributed by atoms with Gasteiger partial charge in [-0.1, -0.05) is 324 Å². The van der Waals surface area contributed by atoms with E-state index in [9.17, 15) is 43.2 Å². The van der Waals surface area contributed by atoms with Gasteiger partial charge < -0.3 is 33.8 Å². The van der Waals surface area contributed by atoms with E-state index in [1.54, 1.807) is 0 Å². The van der Waals surface area contributed by atoms with E-state index in [0.717, 1.165) is 102 Å². The van der Waals surface area contributed by atoms with Crippen LogP contribution in [0.1, 0.15) is 375 Å². The number of phosphoric acid groups is 2. The van der Waals surface area contributed by atoms with Gasteiger partial charge in [0.2, 0.25) is 0 Å². The van der Waals surface area contributed by atoms with E-state index in [0.29, 0.717) is 25.7 Å². The Morgan fingerprint density at radius 2 is 0.505 bits per heavy atom. The second-order valence-corrected chi connectivity index (χ2v) is 29.4. The Labute approximate surface area is 556 Å². The maximum Gasteiger partial charge on any atom is 0.472 e. The van der Waals surface area contributed by atoms with Gasteiger partial charge in [-0.25, -0.2) is 9.13 Å². The lowest BCUT2D eigenvalue weighted by atomic mass is 10.0. The van der Waals surface area contributed by atoms with Crippen LogP contribution in [0.2, 0.25) is 0 Å². The Morgan fingerprint density at radius 1 is 0.297 bits per heavy atom. The first-order chi connectivity index (χ1) is 44.0. The Hall–Kier alpha value is -1.94. The molecule has 0 heterocycles. The van der Waals surface area contributed by atoms with E-state index in [2.05, 4.69) is 34.6 Å². The molecule has 0 aliphatic rings. The van der Waals surface area contributed by atoms with Crippen molar-refractivity contribution in [2.75, 3.05) is 39.6 Å². The molecule has 91 heavy (non-hydrogen) atoms. The lowest BCUT2D eigenvalue weighted by molar-refractivity contribution is -0.161. The summed E-state index contributed by atoms with van der Waals surface area (Å²) in [4.78, 5) is 72.3. The van der Waals surface area contributed by atoms with Gasteiger partial charge in [0.1, 0.15) is 19.3 Å². The number of aliphatic hydroxyl groups is 1. The number of ether oxygens (including phenoxy) is 4. The smallest absolute Gasteiger partial charge is 0.462 e. The Bertz CT molecular complexity index is 1750. The largest absolute Gasteiger partial charge is 0.472 e. The first kappa shape index (κ1) is 89.1. The van der Waals surface area contributed by atoms with Crippen LogP contribution in [0.5, 0.6) is 0 Å². The minimum Gasteiger partial charge on any atom is -0.462 e. The van der Waals surface area contributed by atoms with Gasteiger partial charge in [-0.2, -0.15) is 0 Å². The average Bonchev–Trinajstić information content (AvgIpc) is 3.72. The molecule has 19 heteroatoms. The molecule has 0 rings (SSSR count). The molecular weight excluding hydrogens is 1200 g/mol. The molecule has 3 N–H and O–H groups in total. The number of hydrogen-bond acceptors (Lipinski definition) is 15. The monoisotopic (exact) mass is 1340 g/mol. The summed E-state index contributed by atoms with van der Waals surface area (Å²) >= 11 is 0. The van der Waals surface area contributed by atoms with Gasteiger partial charge in [0.25, 0.3) is 0 Å². The summed E-state index contributed by atoms with van der Waals surface area (Å²) in [5.41, 5.74) is 0. The van der Waals surface area contributed by atoms with Crippen LogP contribution < -0.4 is 0 Å². The highest BCUT2D eigenvalue weighted by Crippen LogP contribution is 2.45. The fourth-order valence-electron chi connectivity index (χ4n) is 11.0. The van der Waals surface area contributed by atoms with E-state index in [1.807, 2.05) is 0 Å². The zero-order valence-corrected chi connectivity index (χ0v) is 60.8. The predicted molar refractivity (Wildman–Crippen MR) is 368 cm³/mol. The van der Waals surface area contributed by atoms with E-state index in [1.165, 1.54) is 193 Å². The van der Waals surface area contributed by atoms with Gasteiger partial charge >= 0.3 is 39.5 Å². The predicted octanol–water partition coefficient (Wildman–Crippen LogP) is 20.9. The van der Waals surface area contributed by atoms with Crippen molar-refractivity contribution in [3.8, 4) is 0 Å². The molecule has 0 aromatic rings. The third-order valence-electron chi connectivity index (χ3n) is 16.8. The molecule has 0 spiro atoms. The SMILES string of the molecule is CCCCCCCCCCCCCCCC(=O)OC[C@H](COP(=O)(O)OC[C@@H](O)COP(=O)(O)OC[C@@H](COC(=O)CCCCCCC)OC(=O)CCCCCCCCCCCCCC)OC(=O)CCCCCCCCCCCCCCCCCCCCC(C)C. The number of hydrogen-bond donors (Lipinski definition) is 3. The van der Waals surface area contributed by atoms with Gasteiger partial charge in [-0.05, 0) is 31.6 Å². The molecule has 0 fully saturated rings. The normalized spacial score (nSPS) is 14.0. The summed E-state index contributed by atoms with van der Waals surface area (Å²) in [7, 11) is -9.89. The standard InChI is InChI=1S/C72H140O17P2/c1-6-9-12-15-17-19-21-29-34-37-41-46-51-56-70(75)83-62-68(89-72(77)58-53-48-43-39-35-31-28-26-24-23-25-27-30-32-36-40-45-49-54-65(4)5)64-87-91(80,81)85-60-66(73)59-84-90(78,79)86-63-67(61-82-69(74)55-50-44-14-11-8-3)88-71(76)57-52-47-42-38-33-22-20-18-16-13-10-7-2/h65-68,73H,6-64H2,1-5H3,(H,78,79)(H,80,81)/t66-,67+,68+/m0/s1. The molecule has 540 valence electrons. The van der Waals surface area contributed by atoms with Crippen molar-refractivity contribution >= 4 is 39.5 Å². The summed E-state index contributed by atoms with van der Waals surface area (Å²) in [5.74, 6) is -1.31. The van der Waals surface area contributed by atoms with E-state index >= 15 is 0 Å². The minimum absolute atomic E-state index is 0.107. The molecule has 0 aromatic carbocycles. The zero-order chi connectivity index (χ0) is 67.0. The van der Waals surface area contributed by atoms with Crippen molar-refractivity contribution in [3.05, 3.63) is 0 Å². The maximum absolute atomic E-state index is 13.0. The van der Waals surface area contributed by atoms with Crippen LogP contribution in [0.15, 0.2) is 0 Å². The van der Waals surface area contributed by atoms with Crippen molar-refractivity contribution in [1.82, 2.24) is 0 Å². The molecule has 0 amide bonds. The van der Waals surface area contributed by atoms with Crippen LogP contribution in [0, 0.1) is 5.92 Å². The Kier molecular flexibility index (Phi) is 64.0. The van der Waals surface area contributed by atoms with Crippen LogP contribution in [0.3, 0.4) is 0 Å². The first-order valence-electron chi connectivity index (χ1n) is 37.6. The number of carbonyl (C=O) groups excluding carboxylic acids is 4. The first-order valence-corrected chi connectivity index (χ1v) is 40.6. The highest BCUT2D eigenvalue weighted by Gasteiger charge is 2.30. The molecule has 0 saturated heterocycles. The molecule has 2 unspecified atom stereocenters. The molecule has 17 nitrogen and oxygen atoms in total. The number of phosphoric ester groups is 2. The Morgan fingerprint density at radius 3 is 0.747 bits per heavy atom. The lowest BCUT2D eigenvalue weighted by Gasteiger charge is -2.21. The highest BCUT2D eigenvalue weighted by molar-refractivity contribution is 7.47. The molecule has 0 aliphatic heterocycles. The van der Waals surface area contributed by atoms with Crippen molar-refractivity contribution in [2.45, 2.75) is 393 Å². The second kappa shape index (κ2) is 65.4. The fourth-order valence-corrected chi connectivity index (χ4v) is 12.6. The van der Waals surface area contributed by atoms with Gasteiger partial charge in [0, 0.05) is 25.7 Å². The van der Waals surface area contributed by atoms with Gasteiger partial charge in [0.15, 0.2) is 12.2 Å². The van der Waals surface area contributed by atoms with Crippen molar-refractivity contribution in [2.24, 2.45) is 5.92 Å². The van der Waals surface area contributed by atoms with E-state index in [4.69, 9.17) is 37.0 Å². The molecular formula is C72H140O17P2. The van der Waals surface area contributed by atoms with Gasteiger partial charge in [-0.15, -0.1) is 0 Å². The molecule has 0 radical (unpaired) electrons. The van der Waals surface area contributed by atoms with Crippen LogP contribution in [0.25, 0.3) is 0 Å². The second-order valence-electron chi connectivity index (χ2n) is 26.5. The fraction of sp³-hybridized carbons (Fsp3) is 0.944. The number of rotatable bonds is 72. The molecule has 5 atom stereocenters. The number of carbonyl (C=O) groups is 4. The third kappa shape index (κ3) is 66.5. The van der Waals surface area contributed by atoms with E-state index < -0.39 is 97.5 Å². The zero-order valence-electron chi connectivity index (χ0n) is 59.0. The van der Waals surface area contributed by atoms with E-state index in [-0.39, 0.29) is 25.7 Å². The van der Waals surface area contributed by atoms with Crippen LogP contribution in [0.4, 0.5) is 0 Å². The maximum atomic E-state index is 13.0. The molecule has 0 aliphatic carbocycles. The van der Waals surface area contributed by atoms with Crippen LogP contribution in [-0.2, 0) is 65.4 Å². The highest BCUT2D eigenvalue weighted by atomic mass is 31.2.